The Labute approximate surface area is 185 Å². The summed E-state index contributed by atoms with van der Waals surface area (Å²) in [5, 5.41) is 5.06. The zero-order valence-electron chi connectivity index (χ0n) is 18.5. The second-order valence-corrected chi connectivity index (χ2v) is 10.3. The van der Waals surface area contributed by atoms with Crippen molar-refractivity contribution in [3.05, 3.63) is 4.77 Å². The molecule has 0 N–H and O–H groups in total. The van der Waals surface area contributed by atoms with Gasteiger partial charge in [-0.25, -0.2) is 4.68 Å². The van der Waals surface area contributed by atoms with Crippen LogP contribution >= 0.6 is 12.2 Å². The Morgan fingerprint density at radius 2 is 1.60 bits per heavy atom. The molecule has 4 aliphatic rings. The Morgan fingerprint density at radius 1 is 0.900 bits per heavy atom. The molecule has 4 fully saturated rings. The maximum Gasteiger partial charge on any atom is 0.226 e. The molecule has 0 atom stereocenters. The average molecular weight is 435 g/mol. The topological polar surface area (TPSA) is 41.7 Å². The van der Waals surface area contributed by atoms with Gasteiger partial charge in [-0.2, -0.15) is 0 Å². The van der Waals surface area contributed by atoms with Crippen LogP contribution in [0.15, 0.2) is 0 Å². The van der Waals surface area contributed by atoms with Crippen LogP contribution in [0.2, 0.25) is 0 Å². The van der Waals surface area contributed by atoms with Crippen molar-refractivity contribution in [1.82, 2.24) is 24.1 Å². The van der Waals surface area contributed by atoms with Crippen molar-refractivity contribution in [2.45, 2.75) is 58.2 Å². The first-order chi connectivity index (χ1) is 14.7. The molecule has 3 saturated heterocycles. The minimum atomic E-state index is 0.583. The third-order valence-electron chi connectivity index (χ3n) is 7.49. The van der Waals surface area contributed by atoms with Gasteiger partial charge in [-0.05, 0) is 62.6 Å². The zero-order chi connectivity index (χ0) is 20.5. The van der Waals surface area contributed by atoms with Crippen LogP contribution < -0.4 is 4.90 Å². The van der Waals surface area contributed by atoms with Gasteiger partial charge < -0.3 is 9.64 Å². The molecule has 0 radical (unpaired) electrons. The molecule has 0 aromatic carbocycles. The first-order valence-corrected chi connectivity index (χ1v) is 12.5. The fraction of sp³-hybridized carbons (Fsp3) is 0.909. The number of aromatic nitrogens is 3. The summed E-state index contributed by atoms with van der Waals surface area (Å²) in [4.78, 5) is 7.63. The van der Waals surface area contributed by atoms with E-state index >= 15 is 0 Å². The number of likely N-dealkylation sites (tertiary alicyclic amines) is 1. The van der Waals surface area contributed by atoms with E-state index < -0.39 is 0 Å². The van der Waals surface area contributed by atoms with Crippen molar-refractivity contribution >= 4 is 18.2 Å². The van der Waals surface area contributed by atoms with Gasteiger partial charge in [0.1, 0.15) is 0 Å². The summed E-state index contributed by atoms with van der Waals surface area (Å²) in [6.45, 7) is 13.0. The van der Waals surface area contributed by atoms with Crippen LogP contribution in [-0.2, 0) is 11.4 Å². The fourth-order valence-corrected chi connectivity index (χ4v) is 5.56. The molecular formula is C22H38N6OS. The Bertz CT molecular complexity index is 752. The second-order valence-electron chi connectivity index (χ2n) is 9.97. The van der Waals surface area contributed by atoms with E-state index in [0.717, 1.165) is 81.7 Å². The molecule has 5 rings (SSSR count). The highest BCUT2D eigenvalue weighted by atomic mass is 32.1. The van der Waals surface area contributed by atoms with Crippen LogP contribution in [0.4, 0.5) is 5.95 Å². The SMILES string of the molecule is CC1CCN(c2nn(CN3CCC(CN4CCOCC4)CC3)c(=S)n2C2CC2)CC1. The number of piperidine rings is 2. The maximum atomic E-state index is 5.91. The van der Waals surface area contributed by atoms with Crippen molar-refractivity contribution in [2.75, 3.05) is 63.9 Å². The van der Waals surface area contributed by atoms with E-state index in [4.69, 9.17) is 22.1 Å². The van der Waals surface area contributed by atoms with Crippen LogP contribution in [0.3, 0.4) is 0 Å². The van der Waals surface area contributed by atoms with E-state index in [-0.39, 0.29) is 0 Å². The van der Waals surface area contributed by atoms with Crippen molar-refractivity contribution in [3.8, 4) is 0 Å². The lowest BCUT2D eigenvalue weighted by Crippen LogP contribution is -2.43. The van der Waals surface area contributed by atoms with Gasteiger partial charge in [-0.3, -0.25) is 14.4 Å². The van der Waals surface area contributed by atoms with Crippen molar-refractivity contribution in [2.24, 2.45) is 11.8 Å². The lowest BCUT2D eigenvalue weighted by Gasteiger charge is -2.35. The number of anilines is 1. The minimum Gasteiger partial charge on any atom is -0.379 e. The highest BCUT2D eigenvalue weighted by Gasteiger charge is 2.32. The largest absolute Gasteiger partial charge is 0.379 e. The highest BCUT2D eigenvalue weighted by Crippen LogP contribution is 2.39. The van der Waals surface area contributed by atoms with Gasteiger partial charge in [-0.15, -0.1) is 5.10 Å². The van der Waals surface area contributed by atoms with E-state index in [2.05, 4.69) is 30.9 Å². The summed E-state index contributed by atoms with van der Waals surface area (Å²) >= 11 is 5.91. The lowest BCUT2D eigenvalue weighted by atomic mass is 9.96. The summed E-state index contributed by atoms with van der Waals surface area (Å²) in [7, 11) is 0. The molecule has 0 amide bonds. The second kappa shape index (κ2) is 9.27. The summed E-state index contributed by atoms with van der Waals surface area (Å²) in [5.74, 6) is 2.79. The number of hydrogen-bond donors (Lipinski definition) is 0. The molecule has 1 aliphatic carbocycles. The molecule has 30 heavy (non-hydrogen) atoms. The standard InChI is InChI=1S/C22H38N6OS/c1-18-4-10-26(11-5-18)21-23-27(22(30)28(21)20-2-3-20)17-25-8-6-19(7-9-25)16-24-12-14-29-15-13-24/h18-20H,2-17H2,1H3. The smallest absolute Gasteiger partial charge is 0.226 e. The Morgan fingerprint density at radius 3 is 2.27 bits per heavy atom. The van der Waals surface area contributed by atoms with Crippen LogP contribution in [0.1, 0.15) is 51.5 Å². The minimum absolute atomic E-state index is 0.583. The molecular weight excluding hydrogens is 396 g/mol. The zero-order valence-corrected chi connectivity index (χ0v) is 19.4. The summed E-state index contributed by atoms with van der Waals surface area (Å²) in [6.07, 6.45) is 7.60. The molecule has 0 unspecified atom stereocenters. The summed E-state index contributed by atoms with van der Waals surface area (Å²) < 4.78 is 10.9. The van der Waals surface area contributed by atoms with E-state index in [1.54, 1.807) is 0 Å². The molecule has 1 saturated carbocycles. The number of rotatable bonds is 6. The number of hydrogen-bond acceptors (Lipinski definition) is 6. The fourth-order valence-electron chi connectivity index (χ4n) is 5.23. The normalized spacial score (nSPS) is 25.8. The molecule has 0 bridgehead atoms. The molecule has 8 heteroatoms. The molecule has 168 valence electrons. The van der Waals surface area contributed by atoms with Gasteiger partial charge in [0, 0.05) is 51.9 Å². The third-order valence-corrected chi connectivity index (χ3v) is 7.90. The first-order valence-electron chi connectivity index (χ1n) is 12.1. The molecule has 4 heterocycles. The Kier molecular flexibility index (Phi) is 6.46. The molecule has 0 spiro atoms. The average Bonchev–Trinajstić information content (AvgIpc) is 3.55. The number of morpholine rings is 1. The monoisotopic (exact) mass is 434 g/mol. The van der Waals surface area contributed by atoms with Crippen LogP contribution in [0, 0.1) is 16.6 Å². The van der Waals surface area contributed by atoms with E-state index in [1.165, 1.54) is 45.1 Å². The predicted octanol–water partition coefficient (Wildman–Crippen LogP) is 2.99. The van der Waals surface area contributed by atoms with Gasteiger partial charge in [0.15, 0.2) is 0 Å². The van der Waals surface area contributed by atoms with E-state index in [0.29, 0.717) is 6.04 Å². The molecule has 1 aromatic rings. The maximum absolute atomic E-state index is 5.91. The Hall–Kier alpha value is -0.960. The van der Waals surface area contributed by atoms with Gasteiger partial charge >= 0.3 is 0 Å². The third kappa shape index (κ3) is 4.76. The number of ether oxygens (including phenoxy) is 1. The van der Waals surface area contributed by atoms with Gasteiger partial charge in [0.05, 0.1) is 19.9 Å². The van der Waals surface area contributed by atoms with Crippen molar-refractivity contribution in [3.63, 3.8) is 0 Å². The van der Waals surface area contributed by atoms with E-state index in [1.807, 2.05) is 0 Å². The quantitative estimate of drug-likeness (QED) is 0.641. The highest BCUT2D eigenvalue weighted by molar-refractivity contribution is 7.71. The van der Waals surface area contributed by atoms with Gasteiger partial charge in [0.2, 0.25) is 10.7 Å². The van der Waals surface area contributed by atoms with Crippen LogP contribution in [0.25, 0.3) is 0 Å². The van der Waals surface area contributed by atoms with Gasteiger partial charge in [-0.1, -0.05) is 6.92 Å². The molecule has 1 aromatic heterocycles. The first kappa shape index (κ1) is 20.9. The van der Waals surface area contributed by atoms with Crippen molar-refractivity contribution < 1.29 is 4.74 Å². The van der Waals surface area contributed by atoms with Gasteiger partial charge in [0.25, 0.3) is 0 Å². The lowest BCUT2D eigenvalue weighted by molar-refractivity contribution is 0.0228. The van der Waals surface area contributed by atoms with Crippen LogP contribution in [-0.4, -0.2) is 83.2 Å². The summed E-state index contributed by atoms with van der Waals surface area (Å²) in [5.41, 5.74) is 0. The molecule has 3 aliphatic heterocycles. The summed E-state index contributed by atoms with van der Waals surface area (Å²) in [6, 6.07) is 0.583. The number of nitrogens with zero attached hydrogens (tertiary/aromatic N) is 6. The van der Waals surface area contributed by atoms with Crippen molar-refractivity contribution in [1.29, 1.82) is 0 Å². The van der Waals surface area contributed by atoms with E-state index in [9.17, 15) is 0 Å². The predicted molar refractivity (Wildman–Crippen MR) is 121 cm³/mol. The Balaban J connectivity index is 1.20. The molecule has 7 nitrogen and oxygen atoms in total. The van der Waals surface area contributed by atoms with Crippen LogP contribution in [0.5, 0.6) is 0 Å².